The normalized spacial score (nSPS) is 19.5. The molecule has 0 bridgehead atoms. The van der Waals surface area contributed by atoms with Gasteiger partial charge in [-0.25, -0.2) is 12.7 Å². The van der Waals surface area contributed by atoms with Crippen LogP contribution in [0.25, 0.3) is 0 Å². The number of nitrogens with zero attached hydrogens (tertiary/aromatic N) is 2. The Hall–Kier alpha value is -1.93. The lowest BCUT2D eigenvalue weighted by Crippen LogP contribution is -2.41. The van der Waals surface area contributed by atoms with E-state index in [0.717, 1.165) is 25.9 Å². The Morgan fingerprint density at radius 1 is 1.04 bits per heavy atom. The van der Waals surface area contributed by atoms with Gasteiger partial charge in [-0.2, -0.15) is 0 Å². The van der Waals surface area contributed by atoms with Gasteiger partial charge in [0.15, 0.2) is 0 Å². The number of carbonyl (C=O) groups is 2. The Bertz CT molecular complexity index is 779. The number of piperidine rings is 1. The summed E-state index contributed by atoms with van der Waals surface area (Å²) >= 11 is 0. The van der Waals surface area contributed by atoms with Crippen LogP contribution in [-0.4, -0.2) is 61.9 Å². The molecule has 0 spiro atoms. The monoisotopic (exact) mass is 379 g/mol. The minimum Gasteiger partial charge on any atom is -0.339 e. The number of anilines is 1. The van der Waals surface area contributed by atoms with Crippen LogP contribution in [-0.2, 0) is 14.8 Å². The summed E-state index contributed by atoms with van der Waals surface area (Å²) in [6, 6.07) is 7.07. The zero-order chi connectivity index (χ0) is 18.7. The van der Waals surface area contributed by atoms with E-state index in [9.17, 15) is 18.0 Å². The van der Waals surface area contributed by atoms with Crippen LogP contribution in [0.4, 0.5) is 5.69 Å². The zero-order valence-electron chi connectivity index (χ0n) is 15.0. The van der Waals surface area contributed by atoms with Gasteiger partial charge in [0.1, 0.15) is 0 Å². The van der Waals surface area contributed by atoms with E-state index in [2.05, 4.69) is 5.32 Å². The highest BCUT2D eigenvalue weighted by Crippen LogP contribution is 2.24. The highest BCUT2D eigenvalue weighted by Gasteiger charge is 2.30. The van der Waals surface area contributed by atoms with E-state index in [4.69, 9.17) is 0 Å². The number of rotatable bonds is 4. The van der Waals surface area contributed by atoms with Crippen molar-refractivity contribution in [2.45, 2.75) is 25.7 Å². The van der Waals surface area contributed by atoms with E-state index in [1.165, 1.54) is 10.6 Å². The van der Waals surface area contributed by atoms with Crippen LogP contribution in [0.5, 0.6) is 0 Å². The van der Waals surface area contributed by atoms with Gasteiger partial charge < -0.3 is 10.2 Å². The van der Waals surface area contributed by atoms with Gasteiger partial charge >= 0.3 is 0 Å². The van der Waals surface area contributed by atoms with Gasteiger partial charge in [0.2, 0.25) is 15.9 Å². The lowest BCUT2D eigenvalue weighted by atomic mass is 9.97. The standard InChI is InChI=1S/C18H25N3O4S/c1-26(24,25)21-12-8-14(9-13-21)17(22)19-16-7-3-2-6-15(16)18(23)20-10-4-5-11-20/h2-3,6-7,14H,4-5,8-13H2,1H3,(H,19,22). The molecular weight excluding hydrogens is 354 g/mol. The number of hydrogen-bond donors (Lipinski definition) is 1. The van der Waals surface area contributed by atoms with Gasteiger partial charge in [0.25, 0.3) is 5.91 Å². The van der Waals surface area contributed by atoms with E-state index in [1.807, 2.05) is 4.90 Å². The van der Waals surface area contributed by atoms with Crippen LogP contribution in [0, 0.1) is 5.92 Å². The summed E-state index contributed by atoms with van der Waals surface area (Å²) in [6.45, 7) is 2.21. The quantitative estimate of drug-likeness (QED) is 0.860. The SMILES string of the molecule is CS(=O)(=O)N1CCC(C(=O)Nc2ccccc2C(=O)N2CCCC2)CC1. The Kier molecular flexibility index (Phi) is 5.62. The largest absolute Gasteiger partial charge is 0.339 e. The molecular formula is C18H25N3O4S. The Balaban J connectivity index is 1.66. The lowest BCUT2D eigenvalue weighted by Gasteiger charge is -2.29. The van der Waals surface area contributed by atoms with E-state index in [-0.39, 0.29) is 17.7 Å². The molecule has 142 valence electrons. The van der Waals surface area contributed by atoms with Crippen molar-refractivity contribution in [3.05, 3.63) is 29.8 Å². The number of likely N-dealkylation sites (tertiary alicyclic amines) is 1. The fraction of sp³-hybridized carbons (Fsp3) is 0.556. The highest BCUT2D eigenvalue weighted by atomic mass is 32.2. The maximum Gasteiger partial charge on any atom is 0.255 e. The topological polar surface area (TPSA) is 86.8 Å². The first-order valence-corrected chi connectivity index (χ1v) is 10.9. The lowest BCUT2D eigenvalue weighted by molar-refractivity contribution is -0.120. The predicted octanol–water partition coefficient (Wildman–Crippen LogP) is 1.53. The zero-order valence-corrected chi connectivity index (χ0v) is 15.8. The molecule has 0 aromatic heterocycles. The van der Waals surface area contributed by atoms with Crippen molar-refractivity contribution >= 4 is 27.5 Å². The second-order valence-electron chi connectivity index (χ2n) is 6.97. The fourth-order valence-corrected chi connectivity index (χ4v) is 4.43. The number of sulfonamides is 1. The van der Waals surface area contributed by atoms with Crippen molar-refractivity contribution in [2.75, 3.05) is 37.8 Å². The molecule has 1 aromatic rings. The maximum absolute atomic E-state index is 12.7. The molecule has 0 saturated carbocycles. The smallest absolute Gasteiger partial charge is 0.255 e. The first-order chi connectivity index (χ1) is 12.4. The number of benzene rings is 1. The maximum atomic E-state index is 12.7. The van der Waals surface area contributed by atoms with Crippen LogP contribution in [0.2, 0.25) is 0 Å². The molecule has 2 aliphatic rings. The van der Waals surface area contributed by atoms with Gasteiger partial charge in [-0.1, -0.05) is 12.1 Å². The van der Waals surface area contributed by atoms with Crippen LogP contribution >= 0.6 is 0 Å². The molecule has 0 atom stereocenters. The number of amides is 2. The van der Waals surface area contributed by atoms with Crippen molar-refractivity contribution in [2.24, 2.45) is 5.92 Å². The second-order valence-corrected chi connectivity index (χ2v) is 8.95. The minimum absolute atomic E-state index is 0.0507. The molecule has 7 nitrogen and oxygen atoms in total. The third-order valence-electron chi connectivity index (χ3n) is 5.10. The van der Waals surface area contributed by atoms with E-state index >= 15 is 0 Å². The van der Waals surface area contributed by atoms with Crippen molar-refractivity contribution in [1.29, 1.82) is 0 Å². The molecule has 2 aliphatic heterocycles. The summed E-state index contributed by atoms with van der Waals surface area (Å²) in [5, 5.41) is 2.88. The molecule has 2 fully saturated rings. The summed E-state index contributed by atoms with van der Waals surface area (Å²) in [7, 11) is -3.21. The third-order valence-corrected chi connectivity index (χ3v) is 6.41. The number of hydrogen-bond acceptors (Lipinski definition) is 4. The molecule has 0 aliphatic carbocycles. The van der Waals surface area contributed by atoms with Crippen LogP contribution < -0.4 is 5.32 Å². The second kappa shape index (κ2) is 7.75. The van der Waals surface area contributed by atoms with E-state index < -0.39 is 10.0 Å². The molecule has 1 aromatic carbocycles. The van der Waals surface area contributed by atoms with Gasteiger partial charge in [0, 0.05) is 32.1 Å². The first kappa shape index (κ1) is 18.8. The highest BCUT2D eigenvalue weighted by molar-refractivity contribution is 7.88. The molecule has 8 heteroatoms. The molecule has 2 amide bonds. The summed E-state index contributed by atoms with van der Waals surface area (Å²) in [5.74, 6) is -0.451. The first-order valence-electron chi connectivity index (χ1n) is 9.00. The van der Waals surface area contributed by atoms with Crippen LogP contribution in [0.1, 0.15) is 36.0 Å². The fourth-order valence-electron chi connectivity index (χ4n) is 3.55. The van der Waals surface area contributed by atoms with Crippen molar-refractivity contribution in [1.82, 2.24) is 9.21 Å². The number of nitrogens with one attached hydrogen (secondary N) is 1. The molecule has 3 rings (SSSR count). The van der Waals surface area contributed by atoms with Crippen molar-refractivity contribution in [3.8, 4) is 0 Å². The molecule has 0 radical (unpaired) electrons. The van der Waals surface area contributed by atoms with Gasteiger partial charge in [-0.15, -0.1) is 0 Å². The van der Waals surface area contributed by atoms with Crippen LogP contribution in [0.15, 0.2) is 24.3 Å². The molecule has 2 saturated heterocycles. The molecule has 26 heavy (non-hydrogen) atoms. The third kappa shape index (κ3) is 4.24. The van der Waals surface area contributed by atoms with Gasteiger partial charge in [-0.3, -0.25) is 9.59 Å². The number of para-hydroxylation sites is 1. The van der Waals surface area contributed by atoms with Gasteiger partial charge in [0.05, 0.1) is 17.5 Å². The molecule has 1 N–H and O–H groups in total. The molecule has 2 heterocycles. The Morgan fingerprint density at radius 3 is 2.27 bits per heavy atom. The predicted molar refractivity (Wildman–Crippen MR) is 99.4 cm³/mol. The average molecular weight is 379 g/mol. The van der Waals surface area contributed by atoms with Crippen LogP contribution in [0.3, 0.4) is 0 Å². The van der Waals surface area contributed by atoms with E-state index in [0.29, 0.717) is 37.2 Å². The summed E-state index contributed by atoms with van der Waals surface area (Å²) in [6.07, 6.45) is 4.19. The van der Waals surface area contributed by atoms with Gasteiger partial charge in [-0.05, 0) is 37.8 Å². The summed E-state index contributed by atoms with van der Waals surface area (Å²) in [5.41, 5.74) is 1.04. The minimum atomic E-state index is -3.21. The van der Waals surface area contributed by atoms with Crippen molar-refractivity contribution in [3.63, 3.8) is 0 Å². The summed E-state index contributed by atoms with van der Waals surface area (Å²) in [4.78, 5) is 27.1. The Morgan fingerprint density at radius 2 is 1.65 bits per heavy atom. The van der Waals surface area contributed by atoms with E-state index in [1.54, 1.807) is 24.3 Å². The summed E-state index contributed by atoms with van der Waals surface area (Å²) < 4.78 is 24.6. The molecule has 0 unspecified atom stereocenters. The van der Waals surface area contributed by atoms with Crippen molar-refractivity contribution < 1.29 is 18.0 Å². The number of carbonyl (C=O) groups excluding carboxylic acids is 2. The average Bonchev–Trinajstić information content (AvgIpc) is 3.15. The Labute approximate surface area is 154 Å².